The molecule has 0 heterocycles. The zero-order valence-electron chi connectivity index (χ0n) is 8.83. The first-order valence-corrected chi connectivity index (χ1v) is 4.98. The van der Waals surface area contributed by atoms with E-state index >= 15 is 0 Å². The zero-order chi connectivity index (χ0) is 9.68. The zero-order valence-corrected chi connectivity index (χ0v) is 8.83. The van der Waals surface area contributed by atoms with Gasteiger partial charge >= 0.3 is 0 Å². The Balaban J connectivity index is 2.50. The van der Waals surface area contributed by atoms with Crippen LogP contribution in [0.5, 0.6) is 0 Å². The molecule has 0 fully saturated rings. The summed E-state index contributed by atoms with van der Waals surface area (Å²) in [4.78, 5) is 2.37. The number of rotatable bonds is 4. The van der Waals surface area contributed by atoms with Crippen molar-refractivity contribution in [2.45, 2.75) is 26.3 Å². The van der Waals surface area contributed by atoms with Crippen LogP contribution in [0.3, 0.4) is 0 Å². The molecule has 0 aliphatic heterocycles. The standard InChI is InChI=1S/C12H19N/c1-4-13(3)11(2)10-12-8-6-5-7-9-12/h5-9,11H,4,10H2,1-3H3/t11-/m1/s1. The van der Waals surface area contributed by atoms with E-state index < -0.39 is 0 Å². The van der Waals surface area contributed by atoms with Crippen LogP contribution in [-0.4, -0.2) is 24.5 Å². The lowest BCUT2D eigenvalue weighted by Gasteiger charge is -2.22. The van der Waals surface area contributed by atoms with Crippen molar-refractivity contribution in [3.05, 3.63) is 35.9 Å². The molecule has 0 N–H and O–H groups in total. The quantitative estimate of drug-likeness (QED) is 0.683. The third-order valence-electron chi connectivity index (χ3n) is 2.63. The van der Waals surface area contributed by atoms with E-state index in [-0.39, 0.29) is 0 Å². The molecule has 1 rings (SSSR count). The first kappa shape index (κ1) is 10.3. The number of benzene rings is 1. The van der Waals surface area contributed by atoms with Crippen LogP contribution in [0, 0.1) is 0 Å². The molecular weight excluding hydrogens is 158 g/mol. The van der Waals surface area contributed by atoms with Gasteiger partial charge in [-0.2, -0.15) is 0 Å². The van der Waals surface area contributed by atoms with Crippen LogP contribution in [0.4, 0.5) is 0 Å². The Bertz CT molecular complexity index is 230. The summed E-state index contributed by atoms with van der Waals surface area (Å²) in [5.74, 6) is 0. The molecule has 1 aromatic rings. The second kappa shape index (κ2) is 5.03. The van der Waals surface area contributed by atoms with Gasteiger partial charge in [-0.15, -0.1) is 0 Å². The molecule has 0 radical (unpaired) electrons. The van der Waals surface area contributed by atoms with E-state index in [4.69, 9.17) is 0 Å². The van der Waals surface area contributed by atoms with Gasteiger partial charge in [-0.3, -0.25) is 0 Å². The van der Waals surface area contributed by atoms with Gasteiger partial charge in [-0.05, 0) is 32.5 Å². The van der Waals surface area contributed by atoms with E-state index in [1.807, 2.05) is 0 Å². The highest BCUT2D eigenvalue weighted by molar-refractivity contribution is 5.15. The molecule has 0 aliphatic carbocycles. The van der Waals surface area contributed by atoms with Crippen molar-refractivity contribution in [1.29, 1.82) is 0 Å². The Morgan fingerprint density at radius 1 is 1.23 bits per heavy atom. The molecule has 0 saturated carbocycles. The fraction of sp³-hybridized carbons (Fsp3) is 0.500. The largest absolute Gasteiger partial charge is 0.304 e. The average molecular weight is 177 g/mol. The molecule has 0 unspecified atom stereocenters. The van der Waals surface area contributed by atoms with Gasteiger partial charge in [0.25, 0.3) is 0 Å². The van der Waals surface area contributed by atoms with Crippen molar-refractivity contribution in [1.82, 2.24) is 4.90 Å². The molecule has 0 spiro atoms. The minimum absolute atomic E-state index is 0.632. The number of nitrogens with zero attached hydrogens (tertiary/aromatic N) is 1. The summed E-state index contributed by atoms with van der Waals surface area (Å²) in [6.07, 6.45) is 1.14. The first-order valence-electron chi connectivity index (χ1n) is 4.98. The molecule has 0 saturated heterocycles. The van der Waals surface area contributed by atoms with Crippen LogP contribution in [0.25, 0.3) is 0 Å². The maximum Gasteiger partial charge on any atom is 0.0104 e. The van der Waals surface area contributed by atoms with Crippen LogP contribution < -0.4 is 0 Å². The first-order chi connectivity index (χ1) is 6.24. The number of likely N-dealkylation sites (N-methyl/N-ethyl adjacent to an activating group) is 1. The molecule has 0 bridgehead atoms. The number of hydrogen-bond donors (Lipinski definition) is 0. The van der Waals surface area contributed by atoms with Crippen LogP contribution in [-0.2, 0) is 6.42 Å². The van der Waals surface area contributed by atoms with Gasteiger partial charge in [0.1, 0.15) is 0 Å². The monoisotopic (exact) mass is 177 g/mol. The van der Waals surface area contributed by atoms with E-state index in [0.717, 1.165) is 13.0 Å². The van der Waals surface area contributed by atoms with Crippen molar-refractivity contribution in [2.75, 3.05) is 13.6 Å². The lowest BCUT2D eigenvalue weighted by Crippen LogP contribution is -2.30. The summed E-state index contributed by atoms with van der Waals surface area (Å²) in [7, 11) is 2.17. The Morgan fingerprint density at radius 2 is 1.85 bits per heavy atom. The van der Waals surface area contributed by atoms with Crippen LogP contribution >= 0.6 is 0 Å². The summed E-state index contributed by atoms with van der Waals surface area (Å²) < 4.78 is 0. The smallest absolute Gasteiger partial charge is 0.0104 e. The Morgan fingerprint density at radius 3 is 2.38 bits per heavy atom. The molecule has 1 heteroatoms. The lowest BCUT2D eigenvalue weighted by atomic mass is 10.1. The molecule has 13 heavy (non-hydrogen) atoms. The van der Waals surface area contributed by atoms with Crippen molar-refractivity contribution < 1.29 is 0 Å². The predicted molar refractivity (Wildman–Crippen MR) is 57.9 cm³/mol. The van der Waals surface area contributed by atoms with Crippen molar-refractivity contribution in [2.24, 2.45) is 0 Å². The Labute approximate surface area is 81.4 Å². The molecule has 0 aromatic heterocycles. The third kappa shape index (κ3) is 3.19. The Kier molecular flexibility index (Phi) is 3.97. The van der Waals surface area contributed by atoms with Gasteiger partial charge < -0.3 is 4.90 Å². The summed E-state index contributed by atoms with van der Waals surface area (Å²) in [6.45, 7) is 5.59. The molecule has 1 atom stereocenters. The molecule has 0 aliphatic rings. The minimum atomic E-state index is 0.632. The van der Waals surface area contributed by atoms with E-state index in [2.05, 4.69) is 56.1 Å². The van der Waals surface area contributed by atoms with Crippen molar-refractivity contribution in [3.8, 4) is 0 Å². The maximum absolute atomic E-state index is 2.37. The van der Waals surface area contributed by atoms with Crippen LogP contribution in [0.2, 0.25) is 0 Å². The number of hydrogen-bond acceptors (Lipinski definition) is 1. The average Bonchev–Trinajstić information content (AvgIpc) is 2.18. The maximum atomic E-state index is 2.37. The molecule has 72 valence electrons. The SMILES string of the molecule is CCN(C)[C@H](C)Cc1ccccc1. The summed E-state index contributed by atoms with van der Waals surface area (Å²) >= 11 is 0. The van der Waals surface area contributed by atoms with E-state index in [1.54, 1.807) is 0 Å². The summed E-state index contributed by atoms with van der Waals surface area (Å²) in [5, 5.41) is 0. The fourth-order valence-corrected chi connectivity index (χ4v) is 1.42. The van der Waals surface area contributed by atoms with Gasteiger partial charge in [0.2, 0.25) is 0 Å². The van der Waals surface area contributed by atoms with E-state index in [1.165, 1.54) is 5.56 Å². The molecule has 1 nitrogen and oxygen atoms in total. The molecule has 0 amide bonds. The van der Waals surface area contributed by atoms with E-state index in [9.17, 15) is 0 Å². The van der Waals surface area contributed by atoms with Crippen molar-refractivity contribution >= 4 is 0 Å². The van der Waals surface area contributed by atoms with Crippen molar-refractivity contribution in [3.63, 3.8) is 0 Å². The van der Waals surface area contributed by atoms with Gasteiger partial charge in [0.15, 0.2) is 0 Å². The minimum Gasteiger partial charge on any atom is -0.304 e. The second-order valence-electron chi connectivity index (χ2n) is 3.61. The van der Waals surface area contributed by atoms with Gasteiger partial charge in [-0.25, -0.2) is 0 Å². The second-order valence-corrected chi connectivity index (χ2v) is 3.61. The third-order valence-corrected chi connectivity index (χ3v) is 2.63. The lowest BCUT2D eigenvalue weighted by molar-refractivity contribution is 0.270. The highest BCUT2D eigenvalue weighted by atomic mass is 15.1. The van der Waals surface area contributed by atoms with Crippen LogP contribution in [0.15, 0.2) is 30.3 Å². The Hall–Kier alpha value is -0.820. The summed E-state index contributed by atoms with van der Waals surface area (Å²) in [5.41, 5.74) is 1.43. The summed E-state index contributed by atoms with van der Waals surface area (Å²) in [6, 6.07) is 11.3. The van der Waals surface area contributed by atoms with Crippen LogP contribution in [0.1, 0.15) is 19.4 Å². The molecular formula is C12H19N. The topological polar surface area (TPSA) is 3.24 Å². The molecule has 1 aromatic carbocycles. The van der Waals surface area contributed by atoms with Gasteiger partial charge in [0, 0.05) is 6.04 Å². The van der Waals surface area contributed by atoms with Gasteiger partial charge in [0.05, 0.1) is 0 Å². The fourth-order valence-electron chi connectivity index (χ4n) is 1.42. The highest BCUT2D eigenvalue weighted by Gasteiger charge is 2.06. The van der Waals surface area contributed by atoms with Gasteiger partial charge in [-0.1, -0.05) is 37.3 Å². The normalized spacial score (nSPS) is 13.2. The van der Waals surface area contributed by atoms with E-state index in [0.29, 0.717) is 6.04 Å². The highest BCUT2D eigenvalue weighted by Crippen LogP contribution is 2.06. The predicted octanol–water partition coefficient (Wildman–Crippen LogP) is 2.57.